The van der Waals surface area contributed by atoms with Crippen molar-refractivity contribution in [3.8, 4) is 5.75 Å². The molecule has 4 rings (SSSR count). The molecule has 0 bridgehead atoms. The molecule has 1 aliphatic carbocycles. The fraction of sp³-hybridized carbons (Fsp3) is 0.323. The molecule has 3 aromatic carbocycles. The van der Waals surface area contributed by atoms with E-state index in [2.05, 4.69) is 15.6 Å². The quantitative estimate of drug-likeness (QED) is 0.214. The predicted octanol–water partition coefficient (Wildman–Crippen LogP) is 4.61. The van der Waals surface area contributed by atoms with Crippen molar-refractivity contribution in [2.75, 3.05) is 0 Å². The van der Waals surface area contributed by atoms with E-state index in [1.165, 1.54) is 6.42 Å². The Labute approximate surface area is 229 Å². The first-order valence-electron chi connectivity index (χ1n) is 13.5. The Morgan fingerprint density at radius 1 is 0.872 bits per heavy atom. The van der Waals surface area contributed by atoms with Gasteiger partial charge in [0.15, 0.2) is 5.96 Å². The highest BCUT2D eigenvalue weighted by atomic mass is 16.5. The Bertz CT molecular complexity index is 1230. The summed E-state index contributed by atoms with van der Waals surface area (Å²) in [6.45, 7) is 0.748. The van der Waals surface area contributed by atoms with Gasteiger partial charge in [0.1, 0.15) is 18.4 Å². The van der Waals surface area contributed by atoms with Crippen molar-refractivity contribution < 1.29 is 14.3 Å². The van der Waals surface area contributed by atoms with Crippen LogP contribution in [0.2, 0.25) is 0 Å². The zero-order valence-corrected chi connectivity index (χ0v) is 22.1. The molecule has 0 aliphatic heterocycles. The number of nitrogens with zero attached hydrogens (tertiary/aromatic N) is 1. The van der Waals surface area contributed by atoms with Gasteiger partial charge in [-0.05, 0) is 59.7 Å². The molecule has 39 heavy (non-hydrogen) atoms. The van der Waals surface area contributed by atoms with Crippen molar-refractivity contribution in [1.29, 1.82) is 0 Å². The summed E-state index contributed by atoms with van der Waals surface area (Å²) in [7, 11) is 0. The highest BCUT2D eigenvalue weighted by Gasteiger charge is 2.25. The summed E-state index contributed by atoms with van der Waals surface area (Å²) in [5.74, 6) is 0.668. The molecule has 6 N–H and O–H groups in total. The number of guanidine groups is 1. The number of nitrogens with one attached hydrogen (secondary N) is 2. The fourth-order valence-electron chi connectivity index (χ4n) is 4.80. The molecule has 1 saturated carbocycles. The normalized spacial score (nSPS) is 14.2. The zero-order valence-electron chi connectivity index (χ0n) is 22.1. The standard InChI is InChI=1S/C31H37N5O3/c32-31(33)35-26-15-11-23(12-16-26)20-34-30(38)29(36-28(37)19-22-7-3-1-4-8-22)25-13-17-27(18-14-25)39-21-24-9-5-2-6-10-24/h2,5-6,9-18,22,29H,1,3-4,7-8,19-21H2,(H,34,38)(H,36,37)(H4,32,33,35)/t29-/m0/s1. The van der Waals surface area contributed by atoms with Crippen LogP contribution in [0.25, 0.3) is 0 Å². The minimum Gasteiger partial charge on any atom is -0.489 e. The Kier molecular flexibility index (Phi) is 9.94. The van der Waals surface area contributed by atoms with E-state index in [4.69, 9.17) is 16.2 Å². The first-order valence-corrected chi connectivity index (χ1v) is 13.5. The summed E-state index contributed by atoms with van der Waals surface area (Å²) >= 11 is 0. The van der Waals surface area contributed by atoms with Gasteiger partial charge in [0.2, 0.25) is 11.8 Å². The zero-order chi connectivity index (χ0) is 27.5. The van der Waals surface area contributed by atoms with Gasteiger partial charge in [-0.25, -0.2) is 4.99 Å². The van der Waals surface area contributed by atoms with E-state index in [0.717, 1.165) is 36.8 Å². The highest BCUT2D eigenvalue weighted by Crippen LogP contribution is 2.27. The smallest absolute Gasteiger partial charge is 0.247 e. The largest absolute Gasteiger partial charge is 0.489 e. The summed E-state index contributed by atoms with van der Waals surface area (Å²) in [5, 5.41) is 5.95. The molecule has 0 unspecified atom stereocenters. The summed E-state index contributed by atoms with van der Waals surface area (Å²) in [6, 6.07) is 23.7. The Morgan fingerprint density at radius 2 is 1.56 bits per heavy atom. The summed E-state index contributed by atoms with van der Waals surface area (Å²) in [4.78, 5) is 30.3. The van der Waals surface area contributed by atoms with E-state index in [1.807, 2.05) is 66.7 Å². The predicted molar refractivity (Wildman–Crippen MR) is 153 cm³/mol. The number of rotatable bonds is 11. The van der Waals surface area contributed by atoms with E-state index in [0.29, 0.717) is 42.5 Å². The van der Waals surface area contributed by atoms with Crippen LogP contribution in [0.4, 0.5) is 5.69 Å². The Hall–Kier alpha value is -4.33. The average Bonchev–Trinajstić information content (AvgIpc) is 2.95. The molecule has 1 aliphatic rings. The molecular formula is C31H37N5O3. The number of amides is 2. The third-order valence-electron chi connectivity index (χ3n) is 6.89. The van der Waals surface area contributed by atoms with Crippen LogP contribution < -0.4 is 26.8 Å². The second kappa shape index (κ2) is 14.0. The molecule has 1 atom stereocenters. The van der Waals surface area contributed by atoms with Crippen molar-refractivity contribution in [3.05, 3.63) is 95.6 Å². The lowest BCUT2D eigenvalue weighted by Crippen LogP contribution is -2.40. The van der Waals surface area contributed by atoms with Gasteiger partial charge in [0.25, 0.3) is 0 Å². The molecule has 0 radical (unpaired) electrons. The van der Waals surface area contributed by atoms with E-state index in [-0.39, 0.29) is 17.8 Å². The maximum atomic E-state index is 13.3. The molecule has 0 heterocycles. The molecule has 8 nitrogen and oxygen atoms in total. The second-order valence-electron chi connectivity index (χ2n) is 9.97. The van der Waals surface area contributed by atoms with Crippen molar-refractivity contribution in [1.82, 2.24) is 10.6 Å². The molecule has 2 amide bonds. The molecule has 3 aromatic rings. The number of benzene rings is 3. The van der Waals surface area contributed by atoms with Gasteiger partial charge in [-0.3, -0.25) is 9.59 Å². The van der Waals surface area contributed by atoms with Crippen molar-refractivity contribution in [2.24, 2.45) is 22.4 Å². The topological polar surface area (TPSA) is 132 Å². The minimum atomic E-state index is -0.815. The lowest BCUT2D eigenvalue weighted by atomic mass is 9.86. The van der Waals surface area contributed by atoms with Crippen LogP contribution in [0.5, 0.6) is 5.75 Å². The lowest BCUT2D eigenvalue weighted by Gasteiger charge is -2.23. The van der Waals surface area contributed by atoms with Gasteiger partial charge < -0.3 is 26.8 Å². The third kappa shape index (κ3) is 8.88. The van der Waals surface area contributed by atoms with Crippen LogP contribution in [0, 0.1) is 5.92 Å². The van der Waals surface area contributed by atoms with Gasteiger partial charge >= 0.3 is 0 Å². The summed E-state index contributed by atoms with van der Waals surface area (Å²) in [6.07, 6.45) is 6.12. The maximum absolute atomic E-state index is 13.3. The molecule has 0 spiro atoms. The monoisotopic (exact) mass is 527 g/mol. The van der Waals surface area contributed by atoms with Crippen LogP contribution >= 0.6 is 0 Å². The van der Waals surface area contributed by atoms with Crippen molar-refractivity contribution in [2.45, 2.75) is 57.7 Å². The lowest BCUT2D eigenvalue weighted by molar-refractivity contribution is -0.129. The van der Waals surface area contributed by atoms with Crippen LogP contribution in [-0.2, 0) is 22.7 Å². The summed E-state index contributed by atoms with van der Waals surface area (Å²) in [5.41, 5.74) is 14.1. The van der Waals surface area contributed by atoms with Gasteiger partial charge in [-0.1, -0.05) is 73.9 Å². The first kappa shape index (κ1) is 27.7. The molecule has 1 fully saturated rings. The van der Waals surface area contributed by atoms with Crippen LogP contribution in [0.15, 0.2) is 83.9 Å². The average molecular weight is 528 g/mol. The SMILES string of the molecule is NC(N)=Nc1ccc(CNC(=O)[C@@H](NC(=O)CC2CCCCC2)c2ccc(OCc3ccccc3)cc2)cc1. The van der Waals surface area contributed by atoms with Crippen LogP contribution in [0.3, 0.4) is 0 Å². The van der Waals surface area contributed by atoms with Crippen molar-refractivity contribution in [3.63, 3.8) is 0 Å². The second-order valence-corrected chi connectivity index (χ2v) is 9.97. The van der Waals surface area contributed by atoms with Gasteiger partial charge in [-0.15, -0.1) is 0 Å². The van der Waals surface area contributed by atoms with E-state index < -0.39 is 6.04 Å². The number of hydrogen-bond donors (Lipinski definition) is 4. The molecular weight excluding hydrogens is 490 g/mol. The maximum Gasteiger partial charge on any atom is 0.247 e. The minimum absolute atomic E-state index is 0.0145. The van der Waals surface area contributed by atoms with Crippen LogP contribution in [-0.4, -0.2) is 17.8 Å². The third-order valence-corrected chi connectivity index (χ3v) is 6.89. The van der Waals surface area contributed by atoms with E-state index in [1.54, 1.807) is 12.1 Å². The number of ether oxygens (including phenoxy) is 1. The number of aliphatic imine (C=N–C) groups is 1. The van der Waals surface area contributed by atoms with E-state index in [9.17, 15) is 9.59 Å². The highest BCUT2D eigenvalue weighted by molar-refractivity contribution is 5.88. The van der Waals surface area contributed by atoms with Gasteiger partial charge in [-0.2, -0.15) is 0 Å². The Morgan fingerprint density at radius 3 is 2.23 bits per heavy atom. The van der Waals surface area contributed by atoms with Gasteiger partial charge in [0.05, 0.1) is 5.69 Å². The Balaban J connectivity index is 1.42. The molecule has 0 aromatic heterocycles. The molecule has 204 valence electrons. The number of hydrogen-bond acceptors (Lipinski definition) is 4. The number of nitrogens with two attached hydrogens (primary N) is 2. The first-order chi connectivity index (χ1) is 19.0. The number of carbonyl (C=O) groups excluding carboxylic acids is 2. The summed E-state index contributed by atoms with van der Waals surface area (Å²) < 4.78 is 5.90. The van der Waals surface area contributed by atoms with Crippen LogP contribution in [0.1, 0.15) is 61.3 Å². The molecule has 8 heteroatoms. The van der Waals surface area contributed by atoms with Gasteiger partial charge in [0, 0.05) is 13.0 Å². The number of carbonyl (C=O) groups is 2. The van der Waals surface area contributed by atoms with Crippen molar-refractivity contribution >= 4 is 23.5 Å². The fourth-order valence-corrected chi connectivity index (χ4v) is 4.80. The molecule has 0 saturated heterocycles. The van der Waals surface area contributed by atoms with E-state index >= 15 is 0 Å².